The zero-order chi connectivity index (χ0) is 14.4. The van der Waals surface area contributed by atoms with Crippen LogP contribution in [-0.2, 0) is 14.0 Å². The molecule has 3 nitrogen and oxygen atoms in total. The van der Waals surface area contributed by atoms with E-state index in [9.17, 15) is 4.79 Å². The minimum atomic E-state index is -1.76. The van der Waals surface area contributed by atoms with E-state index in [0.29, 0.717) is 6.61 Å². The Kier molecular flexibility index (Phi) is 4.05. The molecule has 4 heteroatoms. The molecule has 0 aromatic heterocycles. The Bertz CT molecular complexity index is 328. The first kappa shape index (κ1) is 15.7. The molecule has 0 aliphatic carbocycles. The van der Waals surface area contributed by atoms with Gasteiger partial charge < -0.3 is 9.16 Å². The minimum absolute atomic E-state index is 0.0957. The molecule has 106 valence electrons. The van der Waals surface area contributed by atoms with E-state index in [2.05, 4.69) is 40.8 Å². The highest BCUT2D eigenvalue weighted by molar-refractivity contribution is 6.74. The molecule has 1 fully saturated rings. The first-order valence-electron chi connectivity index (χ1n) is 6.74. The normalized spacial score (nSPS) is 28.3. The number of rotatable bonds is 3. The fourth-order valence-corrected chi connectivity index (χ4v) is 2.74. The van der Waals surface area contributed by atoms with Gasteiger partial charge in [0.2, 0.25) is 0 Å². The van der Waals surface area contributed by atoms with Crippen molar-refractivity contribution in [1.29, 1.82) is 0 Å². The Morgan fingerprint density at radius 2 is 1.83 bits per heavy atom. The van der Waals surface area contributed by atoms with Gasteiger partial charge in [-0.3, -0.25) is 4.79 Å². The molecule has 0 amide bonds. The molecule has 1 rings (SSSR count). The van der Waals surface area contributed by atoms with Gasteiger partial charge in [-0.25, -0.2) is 0 Å². The van der Waals surface area contributed by atoms with Gasteiger partial charge in [-0.2, -0.15) is 0 Å². The number of ether oxygens (including phenoxy) is 1. The third-order valence-corrected chi connectivity index (χ3v) is 9.40. The lowest BCUT2D eigenvalue weighted by molar-refractivity contribution is -0.148. The van der Waals surface area contributed by atoms with Crippen LogP contribution in [0.25, 0.3) is 0 Å². The van der Waals surface area contributed by atoms with Crippen molar-refractivity contribution < 1.29 is 14.0 Å². The van der Waals surface area contributed by atoms with Gasteiger partial charge in [0, 0.05) is 5.92 Å². The molecule has 0 saturated carbocycles. The maximum Gasteiger partial charge on any atom is 0.312 e. The van der Waals surface area contributed by atoms with Crippen LogP contribution >= 0.6 is 0 Å². The summed E-state index contributed by atoms with van der Waals surface area (Å²) in [4.78, 5) is 11.8. The highest BCUT2D eigenvalue weighted by Gasteiger charge is 2.49. The van der Waals surface area contributed by atoms with Gasteiger partial charge in [0.1, 0.15) is 6.10 Å². The Labute approximate surface area is 112 Å². The fourth-order valence-electron chi connectivity index (χ4n) is 1.73. The van der Waals surface area contributed by atoms with Crippen molar-refractivity contribution >= 4 is 14.3 Å². The molecule has 0 spiro atoms. The van der Waals surface area contributed by atoms with E-state index in [-0.39, 0.29) is 28.4 Å². The second-order valence-electron chi connectivity index (χ2n) is 7.53. The van der Waals surface area contributed by atoms with E-state index in [4.69, 9.17) is 9.16 Å². The molecule has 0 aromatic rings. The summed E-state index contributed by atoms with van der Waals surface area (Å²) in [5, 5.41) is 0.189. The third-order valence-electron chi connectivity index (χ3n) is 4.90. The summed E-state index contributed by atoms with van der Waals surface area (Å²) in [6, 6.07) is 0. The maximum atomic E-state index is 11.8. The van der Waals surface area contributed by atoms with Gasteiger partial charge in [-0.15, -0.1) is 0 Å². The van der Waals surface area contributed by atoms with Gasteiger partial charge in [0.05, 0.1) is 12.0 Å². The second-order valence-corrected chi connectivity index (χ2v) is 12.3. The molecular weight excluding hydrogens is 244 g/mol. The Hall–Kier alpha value is -0.353. The Morgan fingerprint density at radius 3 is 2.17 bits per heavy atom. The SMILES string of the molecule is C[C@@H]1[C@@H](CO[Si](C)(C)C(C)(C)C)OC(=O)C1(C)C. The van der Waals surface area contributed by atoms with Crippen LogP contribution in [0.1, 0.15) is 41.5 Å². The maximum absolute atomic E-state index is 11.8. The van der Waals surface area contributed by atoms with Gasteiger partial charge in [-0.1, -0.05) is 27.7 Å². The number of cyclic esters (lactones) is 1. The van der Waals surface area contributed by atoms with Crippen LogP contribution in [-0.4, -0.2) is 27.0 Å². The zero-order valence-corrected chi connectivity index (χ0v) is 14.1. The largest absolute Gasteiger partial charge is 0.459 e. The highest BCUT2D eigenvalue weighted by atomic mass is 28.4. The summed E-state index contributed by atoms with van der Waals surface area (Å²) in [6.45, 7) is 17.6. The van der Waals surface area contributed by atoms with Gasteiger partial charge in [-0.05, 0) is 32.0 Å². The van der Waals surface area contributed by atoms with Gasteiger partial charge in [0.25, 0.3) is 0 Å². The first-order chi connectivity index (χ1) is 7.89. The summed E-state index contributed by atoms with van der Waals surface area (Å²) in [5.74, 6) is 0.105. The van der Waals surface area contributed by atoms with Crippen molar-refractivity contribution in [2.45, 2.75) is 65.8 Å². The van der Waals surface area contributed by atoms with Crippen LogP contribution in [0.3, 0.4) is 0 Å². The summed E-state index contributed by atoms with van der Waals surface area (Å²) in [7, 11) is -1.76. The number of esters is 1. The van der Waals surface area contributed by atoms with E-state index in [1.54, 1.807) is 0 Å². The number of hydrogen-bond donors (Lipinski definition) is 0. The van der Waals surface area contributed by atoms with Gasteiger partial charge in [0.15, 0.2) is 8.32 Å². The molecular formula is C14H28O3Si. The molecule has 2 atom stereocenters. The van der Waals surface area contributed by atoms with E-state index in [1.165, 1.54) is 0 Å². The molecule has 1 aliphatic heterocycles. The van der Waals surface area contributed by atoms with Crippen molar-refractivity contribution in [3.63, 3.8) is 0 Å². The number of carbonyl (C=O) groups is 1. The van der Waals surface area contributed by atoms with Crippen LogP contribution in [0.4, 0.5) is 0 Å². The zero-order valence-electron chi connectivity index (χ0n) is 13.1. The lowest BCUT2D eigenvalue weighted by atomic mass is 9.80. The topological polar surface area (TPSA) is 35.5 Å². The van der Waals surface area contributed by atoms with Crippen LogP contribution in [0, 0.1) is 11.3 Å². The molecule has 1 saturated heterocycles. The molecule has 0 unspecified atom stereocenters. The molecule has 1 aliphatic rings. The van der Waals surface area contributed by atoms with Crippen molar-refractivity contribution in [2.75, 3.05) is 6.61 Å². The molecule has 0 bridgehead atoms. The number of hydrogen-bond acceptors (Lipinski definition) is 3. The average molecular weight is 272 g/mol. The van der Waals surface area contributed by atoms with Crippen LogP contribution in [0.15, 0.2) is 0 Å². The Morgan fingerprint density at radius 1 is 1.33 bits per heavy atom. The standard InChI is InChI=1S/C14H28O3Si/c1-10-11(17-12(15)14(10,5)6)9-16-18(7,8)13(2,3)4/h10-11H,9H2,1-8H3/t10-,11-/m1/s1. The van der Waals surface area contributed by atoms with E-state index < -0.39 is 8.32 Å². The van der Waals surface area contributed by atoms with Crippen molar-refractivity contribution in [3.05, 3.63) is 0 Å². The Balaban J connectivity index is 2.64. The monoisotopic (exact) mass is 272 g/mol. The molecule has 1 heterocycles. The predicted octanol–water partition coefficient (Wildman–Crippen LogP) is 3.60. The quantitative estimate of drug-likeness (QED) is 0.582. The fraction of sp³-hybridized carbons (Fsp3) is 0.929. The van der Waals surface area contributed by atoms with Crippen LogP contribution in [0.2, 0.25) is 18.1 Å². The third kappa shape index (κ3) is 2.80. The van der Waals surface area contributed by atoms with Gasteiger partial charge >= 0.3 is 5.97 Å². The van der Waals surface area contributed by atoms with Crippen molar-refractivity contribution in [3.8, 4) is 0 Å². The van der Waals surface area contributed by atoms with E-state index in [1.807, 2.05) is 13.8 Å². The van der Waals surface area contributed by atoms with E-state index in [0.717, 1.165) is 0 Å². The predicted molar refractivity (Wildman–Crippen MR) is 76.0 cm³/mol. The molecule has 0 aromatic carbocycles. The minimum Gasteiger partial charge on any atom is -0.459 e. The van der Waals surface area contributed by atoms with Crippen molar-refractivity contribution in [2.24, 2.45) is 11.3 Å². The van der Waals surface area contributed by atoms with Crippen LogP contribution < -0.4 is 0 Å². The lowest BCUT2D eigenvalue weighted by Crippen LogP contribution is -2.43. The molecule has 18 heavy (non-hydrogen) atoms. The highest BCUT2D eigenvalue weighted by Crippen LogP contribution is 2.41. The lowest BCUT2D eigenvalue weighted by Gasteiger charge is -2.37. The summed E-state index contributed by atoms with van der Waals surface area (Å²) >= 11 is 0. The molecule has 0 N–H and O–H groups in total. The van der Waals surface area contributed by atoms with E-state index >= 15 is 0 Å². The summed E-state index contributed by atoms with van der Waals surface area (Å²) in [6.07, 6.45) is -0.0957. The second kappa shape index (κ2) is 4.64. The first-order valence-corrected chi connectivity index (χ1v) is 9.65. The summed E-state index contributed by atoms with van der Waals surface area (Å²) < 4.78 is 11.6. The summed E-state index contributed by atoms with van der Waals surface area (Å²) in [5.41, 5.74) is -0.387. The van der Waals surface area contributed by atoms with Crippen molar-refractivity contribution in [1.82, 2.24) is 0 Å². The smallest absolute Gasteiger partial charge is 0.312 e. The molecule has 0 radical (unpaired) electrons. The average Bonchev–Trinajstić information content (AvgIpc) is 2.38. The number of carbonyl (C=O) groups excluding carboxylic acids is 1. The van der Waals surface area contributed by atoms with Crippen LogP contribution in [0.5, 0.6) is 0 Å².